The Balaban J connectivity index is 3.03. The molecular formula is C13H17FN2O4S. The van der Waals surface area contributed by atoms with E-state index in [-0.39, 0.29) is 11.3 Å². The number of benzene rings is 1. The molecule has 116 valence electrons. The third kappa shape index (κ3) is 4.59. The Kier molecular flexibility index (Phi) is 6.41. The molecule has 0 heterocycles. The number of methoxy groups -OCH3 is 1. The van der Waals surface area contributed by atoms with E-state index < -0.39 is 22.4 Å². The first-order valence-electron chi connectivity index (χ1n) is 6.23. The van der Waals surface area contributed by atoms with Crippen molar-refractivity contribution in [3.63, 3.8) is 0 Å². The van der Waals surface area contributed by atoms with Crippen molar-refractivity contribution >= 4 is 29.1 Å². The number of thioether (sulfide) groups is 1. The molecule has 0 aliphatic carbocycles. The van der Waals surface area contributed by atoms with E-state index in [2.05, 4.69) is 10.1 Å². The van der Waals surface area contributed by atoms with Gasteiger partial charge in [-0.05, 0) is 18.7 Å². The third-order valence-electron chi connectivity index (χ3n) is 2.96. The number of nitrogens with zero attached hydrogens (tertiary/aromatic N) is 1. The predicted octanol–water partition coefficient (Wildman–Crippen LogP) is 3.07. The number of hydrogen-bond acceptors (Lipinski definition) is 6. The fraction of sp³-hybridized carbons (Fsp3) is 0.462. The van der Waals surface area contributed by atoms with E-state index in [0.29, 0.717) is 11.8 Å². The number of esters is 1. The van der Waals surface area contributed by atoms with Crippen LogP contribution in [0.5, 0.6) is 0 Å². The summed E-state index contributed by atoms with van der Waals surface area (Å²) in [5.41, 5.74) is -0.629. The molecule has 0 saturated carbocycles. The van der Waals surface area contributed by atoms with E-state index in [0.717, 1.165) is 25.7 Å². The molecule has 1 atom stereocenters. The topological polar surface area (TPSA) is 81.5 Å². The van der Waals surface area contributed by atoms with Crippen LogP contribution in [0.4, 0.5) is 15.8 Å². The molecule has 0 amide bonds. The number of anilines is 1. The first-order chi connectivity index (χ1) is 9.90. The standard InChI is InChI=1S/C13H17FN2O4S/c1-8(21-3)4-5-15-11-6-9(13(17)20-2)10(14)7-12(11)16(18)19/h6-8,15H,4-5H2,1-3H3. The van der Waals surface area contributed by atoms with Gasteiger partial charge in [-0.1, -0.05) is 6.92 Å². The molecule has 0 fully saturated rings. The highest BCUT2D eigenvalue weighted by Gasteiger charge is 2.22. The number of rotatable bonds is 7. The van der Waals surface area contributed by atoms with Gasteiger partial charge in [-0.15, -0.1) is 0 Å². The minimum atomic E-state index is -0.975. The van der Waals surface area contributed by atoms with Crippen LogP contribution in [0.15, 0.2) is 12.1 Å². The summed E-state index contributed by atoms with van der Waals surface area (Å²) in [5.74, 6) is -1.85. The van der Waals surface area contributed by atoms with E-state index in [9.17, 15) is 19.3 Å². The van der Waals surface area contributed by atoms with Gasteiger partial charge in [-0.3, -0.25) is 10.1 Å². The summed E-state index contributed by atoms with van der Waals surface area (Å²) < 4.78 is 18.1. The zero-order valence-electron chi connectivity index (χ0n) is 12.0. The molecule has 1 rings (SSSR count). The van der Waals surface area contributed by atoms with Crippen LogP contribution in [-0.4, -0.2) is 36.1 Å². The molecule has 6 nitrogen and oxygen atoms in total. The lowest BCUT2D eigenvalue weighted by Gasteiger charge is -2.11. The lowest BCUT2D eigenvalue weighted by atomic mass is 10.1. The predicted molar refractivity (Wildman–Crippen MR) is 80.5 cm³/mol. The quantitative estimate of drug-likeness (QED) is 0.473. The first kappa shape index (κ1) is 17.2. The molecule has 0 aliphatic heterocycles. The van der Waals surface area contributed by atoms with Crippen LogP contribution in [0.3, 0.4) is 0 Å². The highest BCUT2D eigenvalue weighted by Crippen LogP contribution is 2.28. The maximum atomic E-state index is 13.7. The smallest absolute Gasteiger partial charge is 0.340 e. The zero-order valence-corrected chi connectivity index (χ0v) is 12.8. The molecular weight excluding hydrogens is 299 g/mol. The average molecular weight is 316 g/mol. The lowest BCUT2D eigenvalue weighted by Crippen LogP contribution is -2.11. The van der Waals surface area contributed by atoms with Gasteiger partial charge in [0.2, 0.25) is 0 Å². The number of halogens is 1. The lowest BCUT2D eigenvalue weighted by molar-refractivity contribution is -0.384. The maximum absolute atomic E-state index is 13.7. The largest absolute Gasteiger partial charge is 0.465 e. The maximum Gasteiger partial charge on any atom is 0.340 e. The van der Waals surface area contributed by atoms with Crippen LogP contribution < -0.4 is 5.32 Å². The summed E-state index contributed by atoms with van der Waals surface area (Å²) in [4.78, 5) is 21.7. The number of nitrogens with one attached hydrogen (secondary N) is 1. The van der Waals surface area contributed by atoms with E-state index in [1.54, 1.807) is 11.8 Å². The van der Waals surface area contributed by atoms with Crippen molar-refractivity contribution in [1.29, 1.82) is 0 Å². The van der Waals surface area contributed by atoms with Crippen molar-refractivity contribution in [3.8, 4) is 0 Å². The average Bonchev–Trinajstić information content (AvgIpc) is 2.46. The molecule has 1 N–H and O–H groups in total. The van der Waals surface area contributed by atoms with Gasteiger partial charge in [0, 0.05) is 11.8 Å². The molecule has 1 unspecified atom stereocenters. The van der Waals surface area contributed by atoms with Crippen molar-refractivity contribution in [3.05, 3.63) is 33.6 Å². The molecule has 0 radical (unpaired) electrons. The van der Waals surface area contributed by atoms with E-state index in [1.165, 1.54) is 0 Å². The molecule has 21 heavy (non-hydrogen) atoms. The van der Waals surface area contributed by atoms with Crippen molar-refractivity contribution in [1.82, 2.24) is 0 Å². The van der Waals surface area contributed by atoms with Gasteiger partial charge < -0.3 is 10.1 Å². The van der Waals surface area contributed by atoms with Crippen LogP contribution >= 0.6 is 11.8 Å². The molecule has 1 aromatic carbocycles. The Morgan fingerprint density at radius 2 is 2.24 bits per heavy atom. The van der Waals surface area contributed by atoms with Crippen LogP contribution in [0.1, 0.15) is 23.7 Å². The van der Waals surface area contributed by atoms with Gasteiger partial charge in [0.15, 0.2) is 0 Å². The molecule has 0 saturated heterocycles. The van der Waals surface area contributed by atoms with Gasteiger partial charge in [0.1, 0.15) is 11.5 Å². The summed E-state index contributed by atoms with van der Waals surface area (Å²) in [5, 5.41) is 14.2. The molecule has 0 bridgehead atoms. The Morgan fingerprint density at radius 1 is 1.57 bits per heavy atom. The van der Waals surface area contributed by atoms with Crippen LogP contribution in [-0.2, 0) is 4.74 Å². The Bertz CT molecular complexity index is 539. The summed E-state index contributed by atoms with van der Waals surface area (Å²) in [6, 6.07) is 1.84. The third-order valence-corrected chi connectivity index (χ3v) is 4.00. The Hall–Kier alpha value is -1.83. The summed E-state index contributed by atoms with van der Waals surface area (Å²) in [6.07, 6.45) is 2.75. The molecule has 8 heteroatoms. The number of carbonyl (C=O) groups excluding carboxylic acids is 1. The van der Waals surface area contributed by atoms with Crippen molar-refractivity contribution < 1.29 is 18.8 Å². The number of nitro groups is 1. The fourth-order valence-electron chi connectivity index (χ4n) is 1.65. The minimum Gasteiger partial charge on any atom is -0.465 e. The Morgan fingerprint density at radius 3 is 2.76 bits per heavy atom. The summed E-state index contributed by atoms with van der Waals surface area (Å²) in [7, 11) is 1.12. The van der Waals surface area contributed by atoms with Crippen molar-refractivity contribution in [2.75, 3.05) is 25.2 Å². The number of ether oxygens (including phenoxy) is 1. The molecule has 0 spiro atoms. The van der Waals surface area contributed by atoms with Crippen LogP contribution in [0.2, 0.25) is 0 Å². The fourth-order valence-corrected chi connectivity index (χ4v) is 2.00. The Labute approximate surface area is 126 Å². The van der Waals surface area contributed by atoms with Gasteiger partial charge in [0.25, 0.3) is 5.69 Å². The highest BCUT2D eigenvalue weighted by atomic mass is 32.2. The number of hydrogen-bond donors (Lipinski definition) is 1. The summed E-state index contributed by atoms with van der Waals surface area (Å²) in [6.45, 7) is 2.51. The van der Waals surface area contributed by atoms with E-state index >= 15 is 0 Å². The highest BCUT2D eigenvalue weighted by molar-refractivity contribution is 7.99. The summed E-state index contributed by atoms with van der Waals surface area (Å²) >= 11 is 1.68. The SMILES string of the molecule is COC(=O)c1cc(NCCC(C)SC)c([N+](=O)[O-])cc1F. The van der Waals surface area contributed by atoms with E-state index in [1.807, 2.05) is 13.2 Å². The van der Waals surface area contributed by atoms with Crippen LogP contribution in [0.25, 0.3) is 0 Å². The second-order valence-electron chi connectivity index (χ2n) is 4.36. The van der Waals surface area contributed by atoms with Gasteiger partial charge in [-0.2, -0.15) is 11.8 Å². The van der Waals surface area contributed by atoms with Crippen molar-refractivity contribution in [2.45, 2.75) is 18.6 Å². The van der Waals surface area contributed by atoms with E-state index in [4.69, 9.17) is 0 Å². The minimum absolute atomic E-state index is 0.107. The zero-order chi connectivity index (χ0) is 16.0. The second kappa shape index (κ2) is 7.82. The molecule has 0 aliphatic rings. The molecule has 0 aromatic heterocycles. The van der Waals surface area contributed by atoms with Gasteiger partial charge in [0.05, 0.1) is 23.7 Å². The number of carbonyl (C=O) groups is 1. The van der Waals surface area contributed by atoms with Crippen molar-refractivity contribution in [2.24, 2.45) is 0 Å². The monoisotopic (exact) mass is 316 g/mol. The number of nitro benzene ring substituents is 1. The van der Waals surface area contributed by atoms with Crippen LogP contribution in [0, 0.1) is 15.9 Å². The first-order valence-corrected chi connectivity index (χ1v) is 7.52. The second-order valence-corrected chi connectivity index (χ2v) is 5.64. The normalized spacial score (nSPS) is 11.8. The van der Waals surface area contributed by atoms with Gasteiger partial charge in [-0.25, -0.2) is 9.18 Å². The van der Waals surface area contributed by atoms with Gasteiger partial charge >= 0.3 is 5.97 Å². The molecule has 1 aromatic rings.